The van der Waals surface area contributed by atoms with Gasteiger partial charge in [-0.15, -0.1) is 0 Å². The molecule has 4 nitrogen and oxygen atoms in total. The molecule has 0 amide bonds. The van der Waals surface area contributed by atoms with E-state index < -0.39 is 5.54 Å². The van der Waals surface area contributed by atoms with Gasteiger partial charge in [0.1, 0.15) is 5.54 Å². The molecule has 0 radical (unpaired) electrons. The smallest absolute Gasteiger partial charge is 0.325 e. The highest BCUT2D eigenvalue weighted by molar-refractivity contribution is 5.80. The Bertz CT molecular complexity index is 209. The number of carbonyl (C=O) groups is 1. The van der Waals surface area contributed by atoms with Crippen molar-refractivity contribution in [3.63, 3.8) is 0 Å². The van der Waals surface area contributed by atoms with E-state index >= 15 is 0 Å². The van der Waals surface area contributed by atoms with E-state index in [0.29, 0.717) is 0 Å². The summed E-state index contributed by atoms with van der Waals surface area (Å²) in [6.45, 7) is 6.19. The van der Waals surface area contributed by atoms with E-state index in [2.05, 4.69) is 24.2 Å². The molecule has 1 atom stereocenters. The highest BCUT2D eigenvalue weighted by Crippen LogP contribution is 2.15. The van der Waals surface area contributed by atoms with Gasteiger partial charge in [-0.2, -0.15) is 0 Å². The average Bonchev–Trinajstić information content (AvgIpc) is 2.32. The van der Waals surface area contributed by atoms with E-state index in [1.807, 2.05) is 6.92 Å². The predicted octanol–water partition coefficient (Wildman–Crippen LogP) is 1.26. The molecule has 0 aliphatic carbocycles. The van der Waals surface area contributed by atoms with E-state index in [4.69, 9.17) is 4.74 Å². The molecule has 0 bridgehead atoms. The number of likely N-dealkylation sites (N-methyl/N-ethyl adjacent to an activating group) is 1. The van der Waals surface area contributed by atoms with Crippen LogP contribution in [0.4, 0.5) is 0 Å². The minimum absolute atomic E-state index is 0.182. The Hall–Kier alpha value is -0.610. The molecule has 0 heterocycles. The third-order valence-corrected chi connectivity index (χ3v) is 3.19. The molecule has 0 rings (SSSR count). The molecule has 0 aliphatic heterocycles. The van der Waals surface area contributed by atoms with Crippen molar-refractivity contribution in [3.8, 4) is 0 Å². The van der Waals surface area contributed by atoms with Crippen molar-refractivity contribution in [2.45, 2.75) is 38.6 Å². The third kappa shape index (κ3) is 4.94. The summed E-state index contributed by atoms with van der Waals surface area (Å²) < 4.78 is 4.79. The first-order valence-corrected chi connectivity index (χ1v) is 5.96. The second kappa shape index (κ2) is 7.63. The van der Waals surface area contributed by atoms with Crippen molar-refractivity contribution in [3.05, 3.63) is 0 Å². The maximum atomic E-state index is 11.6. The number of ether oxygens (including phenoxy) is 1. The first-order chi connectivity index (χ1) is 7.50. The lowest BCUT2D eigenvalue weighted by atomic mass is 9.95. The maximum absolute atomic E-state index is 11.6. The van der Waals surface area contributed by atoms with Crippen LogP contribution in [-0.2, 0) is 9.53 Å². The molecule has 0 aromatic carbocycles. The molecule has 0 aromatic rings. The van der Waals surface area contributed by atoms with Gasteiger partial charge in [0, 0.05) is 0 Å². The molecule has 0 spiro atoms. The van der Waals surface area contributed by atoms with Gasteiger partial charge in [-0.05, 0) is 53.4 Å². The molecule has 16 heavy (non-hydrogen) atoms. The largest absolute Gasteiger partial charge is 0.468 e. The van der Waals surface area contributed by atoms with Crippen molar-refractivity contribution in [2.24, 2.45) is 0 Å². The minimum Gasteiger partial charge on any atom is -0.468 e. The molecule has 1 unspecified atom stereocenters. The summed E-state index contributed by atoms with van der Waals surface area (Å²) in [7, 11) is 5.34. The zero-order chi connectivity index (χ0) is 12.6. The summed E-state index contributed by atoms with van der Waals surface area (Å²) in [5.41, 5.74) is -0.542. The molecule has 1 N–H and O–H groups in total. The Morgan fingerprint density at radius 2 is 2.06 bits per heavy atom. The molecule has 0 saturated heterocycles. The lowest BCUT2D eigenvalue weighted by Gasteiger charge is -2.26. The number of carbonyl (C=O) groups excluding carboxylic acids is 1. The van der Waals surface area contributed by atoms with Crippen molar-refractivity contribution in [1.29, 1.82) is 0 Å². The van der Waals surface area contributed by atoms with Gasteiger partial charge in [-0.3, -0.25) is 4.79 Å². The fourth-order valence-electron chi connectivity index (χ4n) is 1.57. The number of unbranched alkanes of at least 4 members (excludes halogenated alkanes) is 1. The number of methoxy groups -OCH3 is 1. The third-order valence-electron chi connectivity index (χ3n) is 3.19. The monoisotopic (exact) mass is 230 g/mol. The second-order valence-corrected chi connectivity index (χ2v) is 4.43. The highest BCUT2D eigenvalue weighted by Gasteiger charge is 2.31. The van der Waals surface area contributed by atoms with Gasteiger partial charge in [0.25, 0.3) is 0 Å². The van der Waals surface area contributed by atoms with Crippen LogP contribution in [0.5, 0.6) is 0 Å². The lowest BCUT2D eigenvalue weighted by molar-refractivity contribution is -0.148. The van der Waals surface area contributed by atoms with Crippen molar-refractivity contribution in [2.75, 3.05) is 34.3 Å². The van der Waals surface area contributed by atoms with Crippen molar-refractivity contribution in [1.82, 2.24) is 10.2 Å². The Morgan fingerprint density at radius 1 is 1.44 bits per heavy atom. The number of esters is 1. The summed E-state index contributed by atoms with van der Waals surface area (Å²) in [6, 6.07) is 0. The molecule has 0 aliphatic rings. The quantitative estimate of drug-likeness (QED) is 0.503. The molecule has 96 valence electrons. The lowest BCUT2D eigenvalue weighted by Crippen LogP contribution is -2.48. The average molecular weight is 230 g/mol. The van der Waals surface area contributed by atoms with Crippen LogP contribution in [0.3, 0.4) is 0 Å². The summed E-state index contributed by atoms with van der Waals surface area (Å²) in [4.78, 5) is 13.8. The first kappa shape index (κ1) is 15.4. The second-order valence-electron chi connectivity index (χ2n) is 4.43. The Morgan fingerprint density at radius 3 is 2.50 bits per heavy atom. The summed E-state index contributed by atoms with van der Waals surface area (Å²) in [5, 5.41) is 3.04. The van der Waals surface area contributed by atoms with Crippen LogP contribution in [0.1, 0.15) is 33.1 Å². The molecule has 4 heteroatoms. The van der Waals surface area contributed by atoms with Crippen LogP contribution in [0.15, 0.2) is 0 Å². The summed E-state index contributed by atoms with van der Waals surface area (Å²) >= 11 is 0. The zero-order valence-electron chi connectivity index (χ0n) is 11.3. The number of hydrogen-bond donors (Lipinski definition) is 1. The van der Waals surface area contributed by atoms with Crippen LogP contribution >= 0.6 is 0 Å². The minimum atomic E-state index is -0.542. The van der Waals surface area contributed by atoms with Gasteiger partial charge in [0.2, 0.25) is 0 Å². The molecular weight excluding hydrogens is 204 g/mol. The number of hydrogen-bond acceptors (Lipinski definition) is 4. The van der Waals surface area contributed by atoms with E-state index in [0.717, 1.165) is 32.4 Å². The van der Waals surface area contributed by atoms with E-state index in [1.165, 1.54) is 7.11 Å². The summed E-state index contributed by atoms with van der Waals surface area (Å²) in [5.74, 6) is -0.182. The van der Waals surface area contributed by atoms with Crippen molar-refractivity contribution < 1.29 is 9.53 Å². The topological polar surface area (TPSA) is 41.6 Å². The number of rotatable bonds is 8. The normalized spacial score (nSPS) is 14.9. The maximum Gasteiger partial charge on any atom is 0.325 e. The highest BCUT2D eigenvalue weighted by atomic mass is 16.5. The fourth-order valence-corrected chi connectivity index (χ4v) is 1.57. The van der Waals surface area contributed by atoms with Gasteiger partial charge < -0.3 is 15.0 Å². The SMILES string of the molecule is CCN(C)CCCCC(C)(NC)C(=O)OC. The van der Waals surface area contributed by atoms with E-state index in [9.17, 15) is 4.79 Å². The predicted molar refractivity (Wildman–Crippen MR) is 66.5 cm³/mol. The van der Waals surface area contributed by atoms with Crippen LogP contribution in [0.2, 0.25) is 0 Å². The standard InChI is InChI=1S/C12H26N2O2/c1-6-14(4)10-8-7-9-12(2,13-3)11(15)16-5/h13H,6-10H2,1-5H3. The van der Waals surface area contributed by atoms with Gasteiger partial charge >= 0.3 is 5.97 Å². The summed E-state index contributed by atoms with van der Waals surface area (Å²) in [6.07, 6.45) is 2.95. The Balaban J connectivity index is 3.92. The van der Waals surface area contributed by atoms with E-state index in [-0.39, 0.29) is 5.97 Å². The Kier molecular flexibility index (Phi) is 7.34. The van der Waals surface area contributed by atoms with Crippen LogP contribution < -0.4 is 5.32 Å². The fraction of sp³-hybridized carbons (Fsp3) is 0.917. The van der Waals surface area contributed by atoms with Crippen LogP contribution in [0, 0.1) is 0 Å². The molecular formula is C12H26N2O2. The van der Waals surface area contributed by atoms with Crippen molar-refractivity contribution >= 4 is 5.97 Å². The molecule has 0 saturated carbocycles. The number of nitrogens with one attached hydrogen (secondary N) is 1. The van der Waals surface area contributed by atoms with E-state index in [1.54, 1.807) is 7.05 Å². The molecule has 0 fully saturated rings. The first-order valence-electron chi connectivity index (χ1n) is 5.96. The van der Waals surface area contributed by atoms with Crippen LogP contribution in [0.25, 0.3) is 0 Å². The van der Waals surface area contributed by atoms with Crippen LogP contribution in [-0.4, -0.2) is 50.7 Å². The number of nitrogens with zero attached hydrogens (tertiary/aromatic N) is 1. The molecule has 0 aromatic heterocycles. The zero-order valence-corrected chi connectivity index (χ0v) is 11.3. The Labute approximate surface area is 99.3 Å². The van der Waals surface area contributed by atoms with Gasteiger partial charge in [-0.1, -0.05) is 6.92 Å². The van der Waals surface area contributed by atoms with Gasteiger partial charge in [0.15, 0.2) is 0 Å². The van der Waals surface area contributed by atoms with Gasteiger partial charge in [-0.25, -0.2) is 0 Å². The van der Waals surface area contributed by atoms with Gasteiger partial charge in [0.05, 0.1) is 7.11 Å².